The lowest BCUT2D eigenvalue weighted by molar-refractivity contribution is -0.138. The van der Waals surface area contributed by atoms with Crippen LogP contribution >= 0.6 is 15.9 Å². The average Bonchev–Trinajstić information content (AvgIpc) is 2.53. The molecule has 1 aromatic carbocycles. The van der Waals surface area contributed by atoms with Crippen LogP contribution in [-0.4, -0.2) is 23.7 Å². The van der Waals surface area contributed by atoms with Gasteiger partial charge in [-0.25, -0.2) is 4.79 Å². The van der Waals surface area contributed by atoms with Crippen LogP contribution in [0.25, 0.3) is 0 Å². The molecule has 1 heterocycles. The maximum atomic E-state index is 12.6. The zero-order valence-corrected chi connectivity index (χ0v) is 15.6. The van der Waals surface area contributed by atoms with Crippen LogP contribution in [-0.2, 0) is 14.3 Å². The molecule has 1 aromatic rings. The van der Waals surface area contributed by atoms with Gasteiger partial charge >= 0.3 is 5.97 Å². The zero-order chi connectivity index (χ0) is 17.9. The number of Topliss-reactive ketones (excluding diaryl/α,β-unsaturated/α-hetero) is 1. The van der Waals surface area contributed by atoms with Crippen molar-refractivity contribution in [3.63, 3.8) is 0 Å². The van der Waals surface area contributed by atoms with Gasteiger partial charge in [0.15, 0.2) is 5.78 Å². The Hall–Kier alpha value is -2.08. The van der Waals surface area contributed by atoms with Crippen molar-refractivity contribution in [3.8, 4) is 0 Å². The van der Waals surface area contributed by atoms with Crippen LogP contribution in [0.1, 0.15) is 32.3 Å². The lowest BCUT2D eigenvalue weighted by atomic mass is 9.79. The Balaban J connectivity index is 2.70. The summed E-state index contributed by atoms with van der Waals surface area (Å²) in [5.74, 6) is -1.03. The SMILES string of the molecule is CCOC(=O)C1=C(CBr)NC(C)=C(C(C)=O)C1c1cccc(N)c1. The fourth-order valence-corrected chi connectivity index (χ4v) is 3.43. The van der Waals surface area contributed by atoms with Crippen LogP contribution in [0.2, 0.25) is 0 Å². The molecule has 3 N–H and O–H groups in total. The first-order valence-corrected chi connectivity index (χ1v) is 8.83. The standard InChI is InChI=1S/C18H21BrN2O3/c1-4-24-18(23)17-14(9-19)21-10(2)15(11(3)22)16(17)12-6-5-7-13(20)8-12/h5-8,16,21H,4,9,20H2,1-3H3. The van der Waals surface area contributed by atoms with Crippen LogP contribution in [0, 0.1) is 0 Å². The number of benzene rings is 1. The number of allylic oxidation sites excluding steroid dienone is 3. The van der Waals surface area contributed by atoms with E-state index in [0.717, 1.165) is 11.3 Å². The van der Waals surface area contributed by atoms with E-state index in [9.17, 15) is 9.59 Å². The second kappa shape index (κ2) is 7.66. The van der Waals surface area contributed by atoms with Crippen LogP contribution in [0.15, 0.2) is 46.8 Å². The highest BCUT2D eigenvalue weighted by Crippen LogP contribution is 2.39. The van der Waals surface area contributed by atoms with Gasteiger partial charge in [0.05, 0.1) is 12.2 Å². The van der Waals surface area contributed by atoms with Crippen LogP contribution in [0.4, 0.5) is 5.69 Å². The average molecular weight is 393 g/mol. The molecule has 0 bridgehead atoms. The minimum atomic E-state index is -0.501. The van der Waals surface area contributed by atoms with Crippen LogP contribution in [0.5, 0.6) is 0 Å². The van der Waals surface area contributed by atoms with Gasteiger partial charge in [0.1, 0.15) is 0 Å². The van der Waals surface area contributed by atoms with Crippen LogP contribution < -0.4 is 11.1 Å². The monoisotopic (exact) mass is 392 g/mol. The van der Waals surface area contributed by atoms with Gasteiger partial charge in [-0.15, -0.1) is 0 Å². The summed E-state index contributed by atoms with van der Waals surface area (Å²) in [5, 5.41) is 3.61. The maximum absolute atomic E-state index is 12.6. The molecule has 0 spiro atoms. The Labute approximate surface area is 150 Å². The summed E-state index contributed by atoms with van der Waals surface area (Å²) < 4.78 is 5.24. The first kappa shape index (κ1) is 18.3. The Kier molecular flexibility index (Phi) is 5.83. The number of alkyl halides is 1. The van der Waals surface area contributed by atoms with Crippen molar-refractivity contribution in [2.45, 2.75) is 26.7 Å². The predicted octanol–water partition coefficient (Wildman–Crippen LogP) is 3.03. The van der Waals surface area contributed by atoms with E-state index >= 15 is 0 Å². The number of hydrogen-bond acceptors (Lipinski definition) is 5. The molecular weight excluding hydrogens is 372 g/mol. The van der Waals surface area contributed by atoms with Gasteiger partial charge < -0.3 is 15.8 Å². The lowest BCUT2D eigenvalue weighted by Gasteiger charge is -2.31. The first-order valence-electron chi connectivity index (χ1n) is 7.71. The number of anilines is 1. The second-order valence-electron chi connectivity index (χ2n) is 5.57. The van der Waals surface area contributed by atoms with Gasteiger partial charge in [-0.2, -0.15) is 0 Å². The van der Waals surface area contributed by atoms with Crippen LogP contribution in [0.3, 0.4) is 0 Å². The topological polar surface area (TPSA) is 81.4 Å². The Morgan fingerprint density at radius 3 is 2.58 bits per heavy atom. The normalized spacial score (nSPS) is 17.6. The molecule has 6 heteroatoms. The van der Waals surface area contributed by atoms with Crippen molar-refractivity contribution in [1.29, 1.82) is 0 Å². The number of carbonyl (C=O) groups excluding carboxylic acids is 2. The minimum absolute atomic E-state index is 0.0946. The Morgan fingerprint density at radius 2 is 2.04 bits per heavy atom. The predicted molar refractivity (Wildman–Crippen MR) is 97.6 cm³/mol. The molecule has 128 valence electrons. The highest BCUT2D eigenvalue weighted by Gasteiger charge is 2.36. The highest BCUT2D eigenvalue weighted by atomic mass is 79.9. The highest BCUT2D eigenvalue weighted by molar-refractivity contribution is 9.09. The Bertz CT molecular complexity index is 738. The van der Waals surface area contributed by atoms with E-state index in [1.807, 2.05) is 19.1 Å². The summed E-state index contributed by atoms with van der Waals surface area (Å²) in [4.78, 5) is 24.9. The second-order valence-corrected chi connectivity index (χ2v) is 6.13. The summed E-state index contributed by atoms with van der Waals surface area (Å²) in [5.41, 5.74) is 9.70. The summed E-state index contributed by atoms with van der Waals surface area (Å²) in [6.07, 6.45) is 0. The molecular formula is C18H21BrN2O3. The molecule has 1 aliphatic heterocycles. The van der Waals surface area contributed by atoms with Gasteiger partial charge in [0, 0.05) is 33.9 Å². The first-order chi connectivity index (χ1) is 11.4. The van der Waals surface area contributed by atoms with Crippen molar-refractivity contribution in [1.82, 2.24) is 5.32 Å². The Morgan fingerprint density at radius 1 is 1.33 bits per heavy atom. The molecule has 0 saturated heterocycles. The molecule has 5 nitrogen and oxygen atoms in total. The van der Waals surface area contributed by atoms with Gasteiger partial charge in [0.2, 0.25) is 0 Å². The fraction of sp³-hybridized carbons (Fsp3) is 0.333. The summed E-state index contributed by atoms with van der Waals surface area (Å²) >= 11 is 3.41. The number of hydrogen-bond donors (Lipinski definition) is 2. The smallest absolute Gasteiger partial charge is 0.336 e. The van der Waals surface area contributed by atoms with E-state index in [-0.39, 0.29) is 12.4 Å². The van der Waals surface area contributed by atoms with Crippen molar-refractivity contribution in [2.75, 3.05) is 17.7 Å². The van der Waals surface area contributed by atoms with Gasteiger partial charge in [-0.05, 0) is 38.5 Å². The third kappa shape index (κ3) is 3.53. The molecule has 1 unspecified atom stereocenters. The van der Waals surface area contributed by atoms with E-state index in [2.05, 4.69) is 21.2 Å². The van der Waals surface area contributed by atoms with E-state index in [4.69, 9.17) is 10.5 Å². The van der Waals surface area contributed by atoms with E-state index in [1.54, 1.807) is 19.1 Å². The summed E-state index contributed by atoms with van der Waals surface area (Å²) in [7, 11) is 0. The molecule has 24 heavy (non-hydrogen) atoms. The number of dihydropyridines is 1. The molecule has 0 fully saturated rings. The van der Waals surface area contributed by atoms with Gasteiger partial charge in [-0.3, -0.25) is 4.79 Å². The third-order valence-electron chi connectivity index (χ3n) is 3.90. The largest absolute Gasteiger partial charge is 0.463 e. The molecule has 2 rings (SSSR count). The molecule has 1 atom stereocenters. The third-order valence-corrected chi connectivity index (χ3v) is 4.46. The number of ether oxygens (including phenoxy) is 1. The van der Waals surface area contributed by atoms with Crippen molar-refractivity contribution in [3.05, 3.63) is 52.4 Å². The number of esters is 1. The zero-order valence-electron chi connectivity index (χ0n) is 14.0. The number of rotatable bonds is 5. The van der Waals surface area contributed by atoms with Gasteiger partial charge in [0.25, 0.3) is 0 Å². The number of ketones is 1. The molecule has 0 radical (unpaired) electrons. The number of nitrogens with two attached hydrogens (primary N) is 1. The molecule has 0 aromatic heterocycles. The number of nitrogen functional groups attached to an aromatic ring is 1. The maximum Gasteiger partial charge on any atom is 0.336 e. The van der Waals surface area contributed by atoms with E-state index in [0.29, 0.717) is 27.9 Å². The molecule has 1 aliphatic rings. The van der Waals surface area contributed by atoms with Crippen molar-refractivity contribution < 1.29 is 14.3 Å². The quantitative estimate of drug-likeness (QED) is 0.457. The summed E-state index contributed by atoms with van der Waals surface area (Å²) in [6, 6.07) is 7.25. The van der Waals surface area contributed by atoms with Gasteiger partial charge in [-0.1, -0.05) is 28.1 Å². The fourth-order valence-electron chi connectivity index (χ4n) is 2.99. The number of nitrogens with one attached hydrogen (secondary N) is 1. The minimum Gasteiger partial charge on any atom is -0.463 e. The molecule has 0 amide bonds. The molecule has 0 aliphatic carbocycles. The summed E-state index contributed by atoms with van der Waals surface area (Å²) in [6.45, 7) is 5.35. The van der Waals surface area contributed by atoms with E-state index in [1.165, 1.54) is 6.92 Å². The van der Waals surface area contributed by atoms with Crippen molar-refractivity contribution >= 4 is 33.4 Å². The number of carbonyl (C=O) groups is 2. The van der Waals surface area contributed by atoms with E-state index < -0.39 is 11.9 Å². The number of halogens is 1. The molecule has 0 saturated carbocycles. The van der Waals surface area contributed by atoms with Crippen molar-refractivity contribution in [2.24, 2.45) is 0 Å². The lowest BCUT2D eigenvalue weighted by Crippen LogP contribution is -2.32.